The van der Waals surface area contributed by atoms with E-state index >= 15 is 0 Å². The SMILES string of the molecule is CCc1nc(CCOc2ccc(C(=O)O)cc2)sc1C. The minimum absolute atomic E-state index is 0.264. The van der Waals surface area contributed by atoms with E-state index in [0.29, 0.717) is 12.4 Å². The highest BCUT2D eigenvalue weighted by atomic mass is 32.1. The number of hydrogen-bond acceptors (Lipinski definition) is 4. The Balaban J connectivity index is 1.87. The normalized spacial score (nSPS) is 10.5. The van der Waals surface area contributed by atoms with E-state index in [-0.39, 0.29) is 5.56 Å². The van der Waals surface area contributed by atoms with Gasteiger partial charge in [0.15, 0.2) is 0 Å². The second-order valence-corrected chi connectivity index (χ2v) is 5.68. The van der Waals surface area contributed by atoms with Crippen molar-refractivity contribution in [3.05, 3.63) is 45.4 Å². The molecule has 2 aromatic rings. The van der Waals surface area contributed by atoms with Crippen molar-refractivity contribution in [3.63, 3.8) is 0 Å². The zero-order valence-corrected chi connectivity index (χ0v) is 12.4. The zero-order valence-electron chi connectivity index (χ0n) is 11.5. The second kappa shape index (κ2) is 6.52. The maximum absolute atomic E-state index is 10.7. The molecule has 0 saturated heterocycles. The van der Waals surface area contributed by atoms with Crippen molar-refractivity contribution in [2.75, 3.05) is 6.61 Å². The van der Waals surface area contributed by atoms with Gasteiger partial charge in [-0.2, -0.15) is 0 Å². The molecule has 0 aliphatic carbocycles. The molecule has 4 nitrogen and oxygen atoms in total. The van der Waals surface area contributed by atoms with Gasteiger partial charge < -0.3 is 9.84 Å². The van der Waals surface area contributed by atoms with Gasteiger partial charge in [-0.3, -0.25) is 0 Å². The van der Waals surface area contributed by atoms with Crippen LogP contribution in [0.15, 0.2) is 24.3 Å². The lowest BCUT2D eigenvalue weighted by atomic mass is 10.2. The van der Waals surface area contributed by atoms with E-state index in [9.17, 15) is 4.79 Å². The summed E-state index contributed by atoms with van der Waals surface area (Å²) >= 11 is 1.71. The molecule has 0 spiro atoms. The number of aryl methyl sites for hydroxylation is 2. The van der Waals surface area contributed by atoms with E-state index in [1.54, 1.807) is 35.6 Å². The van der Waals surface area contributed by atoms with Gasteiger partial charge in [0.25, 0.3) is 0 Å². The number of aromatic carboxylic acids is 1. The van der Waals surface area contributed by atoms with Gasteiger partial charge in [-0.05, 0) is 37.6 Å². The predicted octanol–water partition coefficient (Wildman–Crippen LogP) is 3.33. The number of carboxylic acid groups (broad SMARTS) is 1. The highest BCUT2D eigenvalue weighted by Gasteiger charge is 2.06. The molecule has 0 atom stereocenters. The molecule has 1 N–H and O–H groups in total. The van der Waals surface area contributed by atoms with Crippen LogP contribution in [0.25, 0.3) is 0 Å². The first-order valence-electron chi connectivity index (χ1n) is 6.51. The number of carboxylic acids is 1. The zero-order chi connectivity index (χ0) is 14.5. The van der Waals surface area contributed by atoms with Crippen molar-refractivity contribution >= 4 is 17.3 Å². The number of ether oxygens (including phenoxy) is 1. The van der Waals surface area contributed by atoms with Crippen LogP contribution in [0.1, 0.15) is 32.9 Å². The molecule has 1 heterocycles. The van der Waals surface area contributed by atoms with Gasteiger partial charge in [0.1, 0.15) is 5.75 Å². The molecule has 0 aliphatic heterocycles. The van der Waals surface area contributed by atoms with Crippen molar-refractivity contribution in [2.24, 2.45) is 0 Å². The van der Waals surface area contributed by atoms with E-state index in [1.165, 1.54) is 4.88 Å². The molecule has 20 heavy (non-hydrogen) atoms. The van der Waals surface area contributed by atoms with E-state index in [1.807, 2.05) is 0 Å². The van der Waals surface area contributed by atoms with E-state index in [2.05, 4.69) is 18.8 Å². The topological polar surface area (TPSA) is 59.4 Å². The van der Waals surface area contributed by atoms with Crippen molar-refractivity contribution in [1.82, 2.24) is 4.98 Å². The molecule has 2 rings (SSSR count). The maximum Gasteiger partial charge on any atom is 0.335 e. The first-order valence-corrected chi connectivity index (χ1v) is 7.33. The highest BCUT2D eigenvalue weighted by molar-refractivity contribution is 7.11. The number of carbonyl (C=O) groups is 1. The fourth-order valence-corrected chi connectivity index (χ4v) is 2.88. The van der Waals surface area contributed by atoms with Crippen LogP contribution in [0.3, 0.4) is 0 Å². The second-order valence-electron chi connectivity index (χ2n) is 4.39. The Morgan fingerprint density at radius 2 is 2.05 bits per heavy atom. The van der Waals surface area contributed by atoms with E-state index < -0.39 is 5.97 Å². The fourth-order valence-electron chi connectivity index (χ4n) is 1.87. The van der Waals surface area contributed by atoms with Gasteiger partial charge in [0.2, 0.25) is 0 Å². The number of thiazole rings is 1. The van der Waals surface area contributed by atoms with Crippen LogP contribution >= 0.6 is 11.3 Å². The van der Waals surface area contributed by atoms with Crippen LogP contribution in [0.2, 0.25) is 0 Å². The van der Waals surface area contributed by atoms with Gasteiger partial charge in [-0.25, -0.2) is 9.78 Å². The quantitative estimate of drug-likeness (QED) is 0.887. The highest BCUT2D eigenvalue weighted by Crippen LogP contribution is 2.19. The molecular weight excluding hydrogens is 274 g/mol. The summed E-state index contributed by atoms with van der Waals surface area (Å²) in [5, 5.41) is 9.89. The summed E-state index contributed by atoms with van der Waals surface area (Å²) < 4.78 is 5.60. The Labute approximate surface area is 122 Å². The first kappa shape index (κ1) is 14.5. The molecule has 0 aliphatic rings. The molecule has 106 valence electrons. The molecule has 5 heteroatoms. The molecule has 0 bridgehead atoms. The summed E-state index contributed by atoms with van der Waals surface area (Å²) in [6.45, 7) is 4.74. The molecule has 0 radical (unpaired) electrons. The lowest BCUT2D eigenvalue weighted by Crippen LogP contribution is -2.02. The van der Waals surface area contributed by atoms with Crippen LogP contribution in [0.5, 0.6) is 5.75 Å². The minimum Gasteiger partial charge on any atom is -0.493 e. The Hall–Kier alpha value is -1.88. The lowest BCUT2D eigenvalue weighted by molar-refractivity contribution is 0.0697. The Kier molecular flexibility index (Phi) is 4.74. The number of nitrogens with zero attached hydrogens (tertiary/aromatic N) is 1. The molecule has 1 aromatic heterocycles. The van der Waals surface area contributed by atoms with E-state index in [0.717, 1.165) is 23.5 Å². The largest absolute Gasteiger partial charge is 0.493 e. The molecule has 0 unspecified atom stereocenters. The number of rotatable bonds is 6. The van der Waals surface area contributed by atoms with Crippen molar-refractivity contribution < 1.29 is 14.6 Å². The van der Waals surface area contributed by atoms with E-state index in [4.69, 9.17) is 9.84 Å². The molecule has 0 saturated carbocycles. The first-order chi connectivity index (χ1) is 9.60. The molecule has 1 aromatic carbocycles. The average Bonchev–Trinajstić information content (AvgIpc) is 2.79. The van der Waals surface area contributed by atoms with Crippen molar-refractivity contribution in [1.29, 1.82) is 0 Å². The van der Waals surface area contributed by atoms with Crippen LogP contribution in [-0.4, -0.2) is 22.7 Å². The summed E-state index contributed by atoms with van der Waals surface area (Å²) in [4.78, 5) is 16.6. The van der Waals surface area contributed by atoms with Crippen molar-refractivity contribution in [2.45, 2.75) is 26.7 Å². The minimum atomic E-state index is -0.929. The Bertz CT molecular complexity index is 590. The summed E-state index contributed by atoms with van der Waals surface area (Å²) in [7, 11) is 0. The maximum atomic E-state index is 10.7. The monoisotopic (exact) mass is 291 g/mol. The van der Waals surface area contributed by atoms with Crippen LogP contribution in [0.4, 0.5) is 0 Å². The van der Waals surface area contributed by atoms with Crippen molar-refractivity contribution in [3.8, 4) is 5.75 Å². The summed E-state index contributed by atoms with van der Waals surface area (Å²) in [6, 6.07) is 6.43. The smallest absolute Gasteiger partial charge is 0.335 e. The van der Waals surface area contributed by atoms with Gasteiger partial charge in [-0.1, -0.05) is 6.92 Å². The lowest BCUT2D eigenvalue weighted by Gasteiger charge is -2.04. The fraction of sp³-hybridized carbons (Fsp3) is 0.333. The molecular formula is C15H17NO3S. The molecule has 0 amide bonds. The Morgan fingerprint density at radius 1 is 1.35 bits per heavy atom. The average molecular weight is 291 g/mol. The van der Waals surface area contributed by atoms with Gasteiger partial charge in [0, 0.05) is 11.3 Å². The Morgan fingerprint density at radius 3 is 2.60 bits per heavy atom. The third kappa shape index (κ3) is 3.57. The number of hydrogen-bond donors (Lipinski definition) is 1. The number of aromatic nitrogens is 1. The van der Waals surface area contributed by atoms with Crippen LogP contribution in [-0.2, 0) is 12.8 Å². The summed E-state index contributed by atoms with van der Waals surface area (Å²) in [5.74, 6) is -0.249. The van der Waals surface area contributed by atoms with Gasteiger partial charge in [0.05, 0.1) is 22.9 Å². The number of benzene rings is 1. The predicted molar refractivity (Wildman–Crippen MR) is 78.8 cm³/mol. The van der Waals surface area contributed by atoms with Crippen LogP contribution < -0.4 is 4.74 Å². The van der Waals surface area contributed by atoms with Gasteiger partial charge in [-0.15, -0.1) is 11.3 Å². The summed E-state index contributed by atoms with van der Waals surface area (Å²) in [5.41, 5.74) is 1.43. The van der Waals surface area contributed by atoms with Crippen LogP contribution in [0, 0.1) is 6.92 Å². The third-order valence-corrected chi connectivity index (χ3v) is 4.03. The summed E-state index contributed by atoms with van der Waals surface area (Å²) in [6.07, 6.45) is 1.73. The standard InChI is InChI=1S/C15H17NO3S/c1-3-13-10(2)20-14(16-13)8-9-19-12-6-4-11(5-7-12)15(17)18/h4-7H,3,8-9H2,1-2H3,(H,17,18). The third-order valence-electron chi connectivity index (χ3n) is 2.96. The van der Waals surface area contributed by atoms with Gasteiger partial charge >= 0.3 is 5.97 Å². The molecule has 0 fully saturated rings.